The molecular formula is C11H12F3N3O5S. The van der Waals surface area contributed by atoms with E-state index in [2.05, 4.69) is 0 Å². The number of nitro groups is 1. The van der Waals surface area contributed by atoms with Crippen LogP contribution in [0.1, 0.15) is 6.92 Å². The maximum absolute atomic E-state index is 12.2. The van der Waals surface area contributed by atoms with Crippen LogP contribution in [-0.2, 0) is 14.8 Å². The molecule has 0 aliphatic carbocycles. The Morgan fingerprint density at radius 3 is 2.26 bits per heavy atom. The van der Waals surface area contributed by atoms with Crippen molar-refractivity contribution in [1.82, 2.24) is 10.0 Å². The van der Waals surface area contributed by atoms with Crippen molar-refractivity contribution in [2.45, 2.75) is 24.0 Å². The van der Waals surface area contributed by atoms with Crippen molar-refractivity contribution >= 4 is 21.6 Å². The normalized spacial score (nSPS) is 13.4. The van der Waals surface area contributed by atoms with Gasteiger partial charge in [-0.25, -0.2) is 13.1 Å². The number of carbonyl (C=O) groups excluding carboxylic acids is 1. The standard InChI is InChI=1S/C11H12F3N3O5S/c1-7(11(12,13)14)16-10(18)6-15-23(21,22)9-4-2-8(3-5-9)17(19)20/h2-5,7,15H,6H2,1H3,(H,16,18)/t7-/m0/s1. The lowest BCUT2D eigenvalue weighted by Crippen LogP contribution is -2.46. The summed E-state index contributed by atoms with van der Waals surface area (Å²) in [5, 5.41) is 12.0. The van der Waals surface area contributed by atoms with Gasteiger partial charge in [0.2, 0.25) is 15.9 Å². The minimum Gasteiger partial charge on any atom is -0.344 e. The van der Waals surface area contributed by atoms with Crippen LogP contribution in [0.4, 0.5) is 18.9 Å². The molecule has 0 aromatic heterocycles. The molecule has 0 saturated heterocycles. The summed E-state index contributed by atoms with van der Waals surface area (Å²) in [6.45, 7) is -0.192. The second-order valence-electron chi connectivity index (χ2n) is 4.41. The fourth-order valence-corrected chi connectivity index (χ4v) is 2.35. The first-order valence-corrected chi connectivity index (χ1v) is 7.52. The summed E-state index contributed by atoms with van der Waals surface area (Å²) in [5.41, 5.74) is -0.333. The summed E-state index contributed by atoms with van der Waals surface area (Å²) in [7, 11) is -4.18. The van der Waals surface area contributed by atoms with Crippen LogP contribution in [0, 0.1) is 10.1 Å². The van der Waals surface area contributed by atoms with E-state index in [1.807, 2.05) is 0 Å². The number of rotatable bonds is 6. The van der Waals surface area contributed by atoms with Crippen molar-refractivity contribution < 1.29 is 31.3 Å². The molecule has 0 fully saturated rings. The number of nitrogens with zero attached hydrogens (tertiary/aromatic N) is 1. The zero-order chi connectivity index (χ0) is 17.8. The third-order valence-electron chi connectivity index (χ3n) is 2.65. The summed E-state index contributed by atoms with van der Waals surface area (Å²) in [6, 6.07) is 1.65. The summed E-state index contributed by atoms with van der Waals surface area (Å²) >= 11 is 0. The average molecular weight is 355 g/mol. The summed E-state index contributed by atoms with van der Waals surface area (Å²) in [5.74, 6) is -1.17. The molecular weight excluding hydrogens is 343 g/mol. The molecule has 0 aliphatic heterocycles. The highest BCUT2D eigenvalue weighted by atomic mass is 32.2. The second kappa shape index (κ2) is 6.91. The molecule has 1 aromatic rings. The van der Waals surface area contributed by atoms with Crippen LogP contribution >= 0.6 is 0 Å². The predicted molar refractivity (Wildman–Crippen MR) is 71.9 cm³/mol. The van der Waals surface area contributed by atoms with Gasteiger partial charge in [-0.2, -0.15) is 13.2 Å². The van der Waals surface area contributed by atoms with Crippen LogP contribution in [0.15, 0.2) is 29.2 Å². The van der Waals surface area contributed by atoms with Crippen molar-refractivity contribution in [3.63, 3.8) is 0 Å². The third-order valence-corrected chi connectivity index (χ3v) is 4.07. The number of alkyl halides is 3. The fraction of sp³-hybridized carbons (Fsp3) is 0.364. The third kappa shape index (κ3) is 5.49. The minimum atomic E-state index is -4.65. The van der Waals surface area contributed by atoms with Crippen LogP contribution < -0.4 is 10.0 Å². The Labute approximate surface area is 128 Å². The van der Waals surface area contributed by atoms with E-state index in [1.165, 1.54) is 0 Å². The second-order valence-corrected chi connectivity index (χ2v) is 6.17. The van der Waals surface area contributed by atoms with E-state index in [4.69, 9.17) is 0 Å². The molecule has 0 saturated carbocycles. The number of hydrogen-bond acceptors (Lipinski definition) is 5. The number of benzene rings is 1. The molecule has 0 unspecified atom stereocenters. The Morgan fingerprint density at radius 2 is 1.83 bits per heavy atom. The number of nitrogens with one attached hydrogen (secondary N) is 2. The molecule has 0 aliphatic rings. The summed E-state index contributed by atoms with van der Waals surface area (Å²) in [6.07, 6.45) is -4.65. The van der Waals surface area contributed by atoms with E-state index >= 15 is 0 Å². The van der Waals surface area contributed by atoms with Crippen LogP contribution in [0.25, 0.3) is 0 Å². The highest BCUT2D eigenvalue weighted by Gasteiger charge is 2.37. The molecule has 0 radical (unpaired) electrons. The van der Waals surface area contributed by atoms with E-state index in [0.29, 0.717) is 6.92 Å². The van der Waals surface area contributed by atoms with Gasteiger partial charge in [-0.3, -0.25) is 14.9 Å². The lowest BCUT2D eigenvalue weighted by molar-refractivity contribution is -0.384. The fourth-order valence-electron chi connectivity index (χ4n) is 1.37. The van der Waals surface area contributed by atoms with Crippen LogP contribution in [0.3, 0.4) is 0 Å². The molecule has 128 valence electrons. The molecule has 8 nitrogen and oxygen atoms in total. The molecule has 1 aromatic carbocycles. The average Bonchev–Trinajstić information content (AvgIpc) is 2.44. The number of amides is 1. The van der Waals surface area contributed by atoms with E-state index in [1.54, 1.807) is 10.0 Å². The van der Waals surface area contributed by atoms with Gasteiger partial charge in [0.15, 0.2) is 0 Å². The molecule has 23 heavy (non-hydrogen) atoms. The first-order valence-electron chi connectivity index (χ1n) is 6.03. The van der Waals surface area contributed by atoms with Crippen molar-refractivity contribution in [1.29, 1.82) is 0 Å². The predicted octanol–water partition coefficient (Wildman–Crippen LogP) is 0.940. The first-order chi connectivity index (χ1) is 10.4. The molecule has 1 amide bonds. The molecule has 1 atom stereocenters. The Morgan fingerprint density at radius 1 is 1.30 bits per heavy atom. The Bertz CT molecular complexity index is 688. The molecule has 12 heteroatoms. The van der Waals surface area contributed by atoms with Crippen LogP contribution in [0.5, 0.6) is 0 Å². The lowest BCUT2D eigenvalue weighted by Gasteiger charge is -2.17. The highest BCUT2D eigenvalue weighted by molar-refractivity contribution is 7.89. The van der Waals surface area contributed by atoms with E-state index in [0.717, 1.165) is 24.3 Å². The van der Waals surface area contributed by atoms with Gasteiger partial charge in [0, 0.05) is 12.1 Å². The molecule has 1 rings (SSSR count). The Kier molecular flexibility index (Phi) is 5.66. The Hall–Kier alpha value is -2.21. The number of sulfonamides is 1. The SMILES string of the molecule is C[C@H](NC(=O)CNS(=O)(=O)c1ccc([N+](=O)[O-])cc1)C(F)(F)F. The highest BCUT2D eigenvalue weighted by Crippen LogP contribution is 2.19. The van der Waals surface area contributed by atoms with Crippen molar-refractivity contribution in [3.8, 4) is 0 Å². The van der Waals surface area contributed by atoms with E-state index in [9.17, 15) is 36.5 Å². The molecule has 0 heterocycles. The van der Waals surface area contributed by atoms with Crippen LogP contribution in [0.2, 0.25) is 0 Å². The zero-order valence-corrected chi connectivity index (χ0v) is 12.4. The summed E-state index contributed by atoms with van der Waals surface area (Å²) in [4.78, 5) is 20.7. The number of nitro benzene ring substituents is 1. The summed E-state index contributed by atoms with van der Waals surface area (Å²) < 4.78 is 62.2. The van der Waals surface area contributed by atoms with E-state index < -0.39 is 39.6 Å². The molecule has 2 N–H and O–H groups in total. The van der Waals surface area contributed by atoms with Crippen molar-refractivity contribution in [3.05, 3.63) is 34.4 Å². The van der Waals surface area contributed by atoms with Gasteiger partial charge in [-0.15, -0.1) is 0 Å². The van der Waals surface area contributed by atoms with Gasteiger partial charge in [0.25, 0.3) is 5.69 Å². The molecule has 0 spiro atoms. The van der Waals surface area contributed by atoms with Gasteiger partial charge in [0.05, 0.1) is 16.4 Å². The minimum absolute atomic E-state index is 0.333. The number of carbonyl (C=O) groups is 1. The van der Waals surface area contributed by atoms with Crippen molar-refractivity contribution in [2.75, 3.05) is 6.54 Å². The van der Waals surface area contributed by atoms with Gasteiger partial charge >= 0.3 is 6.18 Å². The number of non-ortho nitro benzene ring substituents is 1. The van der Waals surface area contributed by atoms with E-state index in [-0.39, 0.29) is 10.6 Å². The maximum atomic E-state index is 12.2. The monoisotopic (exact) mass is 355 g/mol. The van der Waals surface area contributed by atoms with Crippen molar-refractivity contribution in [2.24, 2.45) is 0 Å². The van der Waals surface area contributed by atoms with Gasteiger partial charge in [-0.1, -0.05) is 0 Å². The van der Waals surface area contributed by atoms with Crippen LogP contribution in [-0.4, -0.2) is 38.0 Å². The number of halogens is 3. The topological polar surface area (TPSA) is 118 Å². The zero-order valence-electron chi connectivity index (χ0n) is 11.6. The number of hydrogen-bond donors (Lipinski definition) is 2. The maximum Gasteiger partial charge on any atom is 0.408 e. The first kappa shape index (κ1) is 18.8. The smallest absolute Gasteiger partial charge is 0.344 e. The van der Waals surface area contributed by atoms with Gasteiger partial charge in [0.1, 0.15) is 6.04 Å². The Balaban J connectivity index is 2.69. The largest absolute Gasteiger partial charge is 0.408 e. The van der Waals surface area contributed by atoms with Gasteiger partial charge < -0.3 is 5.32 Å². The molecule has 0 bridgehead atoms. The van der Waals surface area contributed by atoms with Gasteiger partial charge in [-0.05, 0) is 19.1 Å². The quantitative estimate of drug-likeness (QED) is 0.581. The lowest BCUT2D eigenvalue weighted by atomic mass is 10.3.